The number of carbonyl (C=O) groups excluding carboxylic acids is 2. The number of methoxy groups -OCH3 is 2. The van der Waals surface area contributed by atoms with E-state index in [2.05, 4.69) is 48.5 Å². The van der Waals surface area contributed by atoms with E-state index < -0.39 is 48.0 Å². The molecule has 336 valence electrons. The molecule has 0 saturated carbocycles. The van der Waals surface area contributed by atoms with Gasteiger partial charge in [0.15, 0.2) is 0 Å². The molecule has 0 unspecified atom stereocenters. The first-order valence-corrected chi connectivity index (χ1v) is 22.1. The van der Waals surface area contributed by atoms with Crippen molar-refractivity contribution in [3.8, 4) is 33.8 Å². The van der Waals surface area contributed by atoms with Crippen LogP contribution in [0.1, 0.15) is 70.1 Å². The highest BCUT2D eigenvalue weighted by Crippen LogP contribution is 2.47. The Morgan fingerprint density at radius 2 is 0.818 bits per heavy atom. The van der Waals surface area contributed by atoms with E-state index in [-0.39, 0.29) is 25.0 Å². The van der Waals surface area contributed by atoms with Gasteiger partial charge in [-0.2, -0.15) is 0 Å². The molecule has 2 aliphatic heterocycles. The highest BCUT2D eigenvalue weighted by Gasteiger charge is 2.45. The molecule has 12 nitrogen and oxygen atoms in total. The van der Waals surface area contributed by atoms with Crippen molar-refractivity contribution in [1.82, 2.24) is 9.80 Å². The summed E-state index contributed by atoms with van der Waals surface area (Å²) < 4.78 is 22.3. The van der Waals surface area contributed by atoms with Gasteiger partial charge in [-0.3, -0.25) is 9.59 Å². The zero-order chi connectivity index (χ0) is 45.9. The number of hydrogen-bond acceptors (Lipinski definition) is 8. The maximum Gasteiger partial charge on any atom is 0.410 e. The summed E-state index contributed by atoms with van der Waals surface area (Å²) in [7, 11) is 3.12. The van der Waals surface area contributed by atoms with Crippen molar-refractivity contribution in [3.63, 3.8) is 0 Å². The van der Waals surface area contributed by atoms with Crippen LogP contribution in [0, 0.1) is 11.8 Å². The molecule has 66 heavy (non-hydrogen) atoms. The van der Waals surface area contributed by atoms with Crippen LogP contribution in [-0.4, -0.2) is 84.7 Å². The lowest BCUT2D eigenvalue weighted by molar-refractivity contribution is -0.143. The second kappa shape index (κ2) is 18.9. The number of ether oxygens (including phenoxy) is 4. The third kappa shape index (κ3) is 8.30. The molecule has 4 atom stereocenters. The Bertz CT molecular complexity index is 2510. The van der Waals surface area contributed by atoms with Crippen LogP contribution in [0.2, 0.25) is 0 Å². The van der Waals surface area contributed by atoms with Gasteiger partial charge in [-0.1, -0.05) is 121 Å². The molecule has 10 rings (SSSR count). The summed E-state index contributed by atoms with van der Waals surface area (Å²) in [6.45, 7) is 1.06. The Kier molecular flexibility index (Phi) is 12.5. The van der Waals surface area contributed by atoms with Gasteiger partial charge in [0.2, 0.25) is 0 Å². The van der Waals surface area contributed by atoms with Crippen molar-refractivity contribution in [1.29, 1.82) is 0 Å². The Labute approximate surface area is 382 Å². The van der Waals surface area contributed by atoms with Gasteiger partial charge in [-0.05, 0) is 92.7 Å². The topological polar surface area (TPSA) is 152 Å². The predicted molar refractivity (Wildman–Crippen MR) is 247 cm³/mol. The minimum atomic E-state index is -0.920. The second-order valence-corrected chi connectivity index (χ2v) is 16.9. The molecule has 2 N–H and O–H groups in total. The number of benzene rings is 6. The molecule has 6 aromatic carbocycles. The van der Waals surface area contributed by atoms with Crippen molar-refractivity contribution >= 4 is 24.1 Å². The zero-order valence-electron chi connectivity index (χ0n) is 36.6. The SMILES string of the molecule is COc1cccc([C@@H]2[C@H](C(=O)O)CCN2C(=O)OCC2c3ccccc3-c3ccccc32)c1.COc1cccc([C@H]2[C@@H](C(=O)O)CCN2C(=O)OCC2c3ccccc3-c3ccccc32)c1. The standard InChI is InChI=1S/2C27H25NO5/c2*1-32-18-8-6-7-17(15-18)25-23(26(29)30)13-14-28(25)27(31)33-16-24-21-11-4-2-9-19(21)20-10-3-5-12-22(20)24/h2*2-12,15,23-25H,13-14,16H2,1H3,(H,29,30)/t2*23-,25-/m10/s1. The van der Waals surface area contributed by atoms with Crippen LogP contribution in [0.5, 0.6) is 11.5 Å². The van der Waals surface area contributed by atoms with Crippen LogP contribution in [0.4, 0.5) is 9.59 Å². The number of hydrogen-bond donors (Lipinski definition) is 2. The average molecular weight is 887 g/mol. The first-order chi connectivity index (χ1) is 32.2. The van der Waals surface area contributed by atoms with Crippen molar-refractivity contribution < 1.29 is 48.3 Å². The van der Waals surface area contributed by atoms with E-state index in [9.17, 15) is 29.4 Å². The molecule has 2 saturated heterocycles. The van der Waals surface area contributed by atoms with Crippen molar-refractivity contribution in [2.45, 2.75) is 36.8 Å². The summed E-state index contributed by atoms with van der Waals surface area (Å²) >= 11 is 0. The lowest BCUT2D eigenvalue weighted by atomic mass is 9.94. The van der Waals surface area contributed by atoms with Crippen molar-refractivity contribution in [3.05, 3.63) is 179 Å². The van der Waals surface area contributed by atoms with E-state index >= 15 is 0 Å². The molecule has 6 aromatic rings. The van der Waals surface area contributed by atoms with Crippen LogP contribution in [-0.2, 0) is 19.1 Å². The van der Waals surface area contributed by atoms with Crippen LogP contribution in [0.15, 0.2) is 146 Å². The molecule has 4 aliphatic rings. The normalized spacial score (nSPS) is 19.1. The molecular weight excluding hydrogens is 837 g/mol. The van der Waals surface area contributed by atoms with Gasteiger partial charge in [-0.15, -0.1) is 0 Å². The highest BCUT2D eigenvalue weighted by atomic mass is 16.6. The lowest BCUT2D eigenvalue weighted by Gasteiger charge is -2.27. The Hall–Kier alpha value is -7.60. The van der Waals surface area contributed by atoms with Gasteiger partial charge in [0, 0.05) is 24.9 Å². The number of rotatable bonds is 10. The maximum absolute atomic E-state index is 13.2. The minimum Gasteiger partial charge on any atom is -0.497 e. The number of amides is 2. The van der Waals surface area contributed by atoms with E-state index in [0.29, 0.717) is 37.4 Å². The molecule has 2 amide bonds. The van der Waals surface area contributed by atoms with Crippen LogP contribution in [0.3, 0.4) is 0 Å². The van der Waals surface area contributed by atoms with Gasteiger partial charge in [-0.25, -0.2) is 9.59 Å². The Morgan fingerprint density at radius 3 is 1.14 bits per heavy atom. The molecule has 12 heteroatoms. The molecular formula is C54H50N2O10. The smallest absolute Gasteiger partial charge is 0.410 e. The van der Waals surface area contributed by atoms with E-state index in [4.69, 9.17) is 18.9 Å². The summed E-state index contributed by atoms with van der Waals surface area (Å²) in [5, 5.41) is 19.6. The fourth-order valence-electron chi connectivity index (χ4n) is 10.3. The number of fused-ring (bicyclic) bond motifs is 6. The molecule has 2 fully saturated rings. The van der Waals surface area contributed by atoms with Crippen molar-refractivity contribution in [2.24, 2.45) is 11.8 Å². The van der Waals surface area contributed by atoms with Gasteiger partial charge >= 0.3 is 24.1 Å². The van der Waals surface area contributed by atoms with Crippen LogP contribution in [0.25, 0.3) is 22.3 Å². The minimum absolute atomic E-state index is 0.0468. The molecule has 0 radical (unpaired) electrons. The van der Waals surface area contributed by atoms with E-state index in [1.165, 1.54) is 0 Å². The predicted octanol–water partition coefficient (Wildman–Crippen LogP) is 10.2. The van der Waals surface area contributed by atoms with Gasteiger partial charge < -0.3 is 39.0 Å². The van der Waals surface area contributed by atoms with Crippen molar-refractivity contribution in [2.75, 3.05) is 40.5 Å². The van der Waals surface area contributed by atoms with E-state index in [0.717, 1.165) is 55.6 Å². The zero-order valence-corrected chi connectivity index (χ0v) is 36.6. The average Bonchev–Trinajstić information content (AvgIpc) is 4.15. The number of carboxylic acid groups (broad SMARTS) is 2. The lowest BCUT2D eigenvalue weighted by Crippen LogP contribution is -2.34. The fourth-order valence-corrected chi connectivity index (χ4v) is 10.3. The quantitative estimate of drug-likeness (QED) is 0.136. The largest absolute Gasteiger partial charge is 0.497 e. The summed E-state index contributed by atoms with van der Waals surface area (Å²) in [5.74, 6) is -2.08. The maximum atomic E-state index is 13.2. The van der Waals surface area contributed by atoms with Gasteiger partial charge in [0.25, 0.3) is 0 Å². The fraction of sp³-hybridized carbons (Fsp3) is 0.259. The summed E-state index contributed by atoms with van der Waals surface area (Å²) in [6, 6.07) is 45.9. The molecule has 0 aromatic heterocycles. The molecule has 0 spiro atoms. The van der Waals surface area contributed by atoms with Gasteiger partial charge in [0.1, 0.15) is 24.7 Å². The molecule has 0 bridgehead atoms. The summed E-state index contributed by atoms with van der Waals surface area (Å²) in [5.41, 5.74) is 10.7. The first-order valence-electron chi connectivity index (χ1n) is 22.1. The highest BCUT2D eigenvalue weighted by molar-refractivity contribution is 5.81. The molecule has 2 heterocycles. The number of nitrogens with zero attached hydrogens (tertiary/aromatic N) is 2. The second-order valence-electron chi connectivity index (χ2n) is 16.9. The van der Waals surface area contributed by atoms with Gasteiger partial charge in [0.05, 0.1) is 38.1 Å². The number of carbonyl (C=O) groups is 4. The molecule has 2 aliphatic carbocycles. The number of likely N-dealkylation sites (tertiary alicyclic amines) is 2. The number of carboxylic acids is 2. The third-order valence-electron chi connectivity index (χ3n) is 13.4. The number of aliphatic carboxylic acids is 2. The first kappa shape index (κ1) is 43.6. The van der Waals surface area contributed by atoms with E-state index in [1.807, 2.05) is 60.7 Å². The Balaban J connectivity index is 0.000000166. The van der Waals surface area contributed by atoms with Crippen LogP contribution >= 0.6 is 0 Å². The summed E-state index contributed by atoms with van der Waals surface area (Å²) in [6.07, 6.45) is -0.232. The van der Waals surface area contributed by atoms with E-state index in [1.54, 1.807) is 60.4 Å². The van der Waals surface area contributed by atoms with Crippen LogP contribution < -0.4 is 9.47 Å². The summed E-state index contributed by atoms with van der Waals surface area (Å²) in [4.78, 5) is 53.4. The third-order valence-corrected chi connectivity index (χ3v) is 13.4. The monoisotopic (exact) mass is 886 g/mol. The Morgan fingerprint density at radius 1 is 0.485 bits per heavy atom.